The number of hydrogen-bond acceptors (Lipinski definition) is 7. The zero-order valence-corrected chi connectivity index (χ0v) is 23.2. The highest BCUT2D eigenvalue weighted by Gasteiger charge is 2.44. The summed E-state index contributed by atoms with van der Waals surface area (Å²) < 4.78 is 5.48. The van der Waals surface area contributed by atoms with Crippen LogP contribution in [0.4, 0.5) is 0 Å². The minimum Gasteiger partial charge on any atom is -0.390 e. The molecule has 4 amide bonds. The van der Waals surface area contributed by atoms with Crippen molar-refractivity contribution in [1.82, 2.24) is 25.3 Å². The summed E-state index contributed by atoms with van der Waals surface area (Å²) in [4.78, 5) is 58.7. The molecule has 5 rings (SSSR count). The predicted octanol–water partition coefficient (Wildman–Crippen LogP) is -0.139. The molecule has 0 unspecified atom stereocenters. The molecule has 0 spiro atoms. The van der Waals surface area contributed by atoms with E-state index in [1.54, 1.807) is 16.7 Å². The first-order valence-electron chi connectivity index (χ1n) is 15.0. The number of piperidine rings is 1. The number of fused-ring (bicyclic) bond motifs is 3. The Morgan fingerprint density at radius 2 is 1.74 bits per heavy atom. The predicted molar refractivity (Wildman–Crippen MR) is 142 cm³/mol. The third-order valence-corrected chi connectivity index (χ3v) is 9.52. The first-order valence-corrected chi connectivity index (χ1v) is 15.0. The molecule has 39 heavy (non-hydrogen) atoms. The summed E-state index contributed by atoms with van der Waals surface area (Å²) in [5.41, 5.74) is 0. The second-order valence-electron chi connectivity index (χ2n) is 12.3. The highest BCUT2D eigenvalue weighted by atomic mass is 16.5. The van der Waals surface area contributed by atoms with Gasteiger partial charge in [-0.15, -0.1) is 0 Å². The fraction of sp³-hybridized carbons (Fsp3) is 0.857. The zero-order valence-electron chi connectivity index (χ0n) is 23.2. The Hall–Kier alpha value is -2.24. The standard InChI is InChI=1S/C28H45N5O6/c1-18-24(34)15-26(36)32-9-4-19(12-25(35)31-7-2-3-8-31)20(16-32)13-27(37)33-17-22(14-23(33)28(38)29-18)30-21-5-10-39-11-6-21/h18-24,30,34H,2-17H2,1H3,(H,29,38)/t18-,19-,20-,22-,23-,24-/m0/s1. The van der Waals surface area contributed by atoms with Gasteiger partial charge in [0, 0.05) is 70.9 Å². The molecule has 11 nitrogen and oxygen atoms in total. The number of nitrogens with zero attached hydrogens (tertiary/aromatic N) is 3. The van der Waals surface area contributed by atoms with Gasteiger partial charge in [-0.2, -0.15) is 0 Å². The topological polar surface area (TPSA) is 132 Å². The molecule has 5 aliphatic heterocycles. The Morgan fingerprint density at radius 3 is 2.49 bits per heavy atom. The van der Waals surface area contributed by atoms with Crippen LogP contribution >= 0.6 is 0 Å². The minimum atomic E-state index is -1.02. The molecule has 5 fully saturated rings. The molecule has 0 saturated carbocycles. The van der Waals surface area contributed by atoms with Crippen LogP contribution in [-0.4, -0.2) is 120 Å². The maximum Gasteiger partial charge on any atom is 0.243 e. The van der Waals surface area contributed by atoms with Crippen molar-refractivity contribution in [3.63, 3.8) is 0 Å². The number of amides is 4. The highest BCUT2D eigenvalue weighted by Crippen LogP contribution is 2.33. The molecule has 0 aliphatic carbocycles. The lowest BCUT2D eigenvalue weighted by molar-refractivity contribution is -0.142. The van der Waals surface area contributed by atoms with Gasteiger partial charge in [0.25, 0.3) is 0 Å². The third kappa shape index (κ3) is 6.74. The van der Waals surface area contributed by atoms with E-state index in [2.05, 4.69) is 10.6 Å². The third-order valence-electron chi connectivity index (χ3n) is 9.52. The van der Waals surface area contributed by atoms with Crippen LogP contribution in [0.5, 0.6) is 0 Å². The zero-order chi connectivity index (χ0) is 27.5. The Kier molecular flexibility index (Phi) is 9.08. The normalized spacial score (nSPS) is 35.2. The molecule has 0 aromatic carbocycles. The van der Waals surface area contributed by atoms with Gasteiger partial charge in [-0.3, -0.25) is 19.2 Å². The van der Waals surface area contributed by atoms with Gasteiger partial charge in [0.15, 0.2) is 0 Å². The van der Waals surface area contributed by atoms with E-state index in [9.17, 15) is 24.3 Å². The Bertz CT molecular complexity index is 920. The Balaban J connectivity index is 1.34. The maximum atomic E-state index is 13.8. The van der Waals surface area contributed by atoms with Crippen LogP contribution in [0.15, 0.2) is 0 Å². The van der Waals surface area contributed by atoms with E-state index in [4.69, 9.17) is 4.74 Å². The van der Waals surface area contributed by atoms with Gasteiger partial charge in [0.05, 0.1) is 18.6 Å². The number of ether oxygens (including phenoxy) is 1. The van der Waals surface area contributed by atoms with E-state index in [0.717, 1.165) is 38.8 Å². The van der Waals surface area contributed by atoms with Crippen molar-refractivity contribution in [1.29, 1.82) is 0 Å². The summed E-state index contributed by atoms with van der Waals surface area (Å²) in [5.74, 6) is -0.588. The molecule has 6 atom stereocenters. The SMILES string of the molecule is C[C@@H]1NC(=O)[C@@H]2C[C@H](NC3CCOCC3)CN2C(=O)C[C@H]2CN(CC[C@H]2CC(=O)N2CCCC2)C(=O)C[C@@H]1O. The minimum absolute atomic E-state index is 0.00194. The highest BCUT2D eigenvalue weighted by molar-refractivity contribution is 5.89. The molecule has 5 heterocycles. The first-order chi connectivity index (χ1) is 18.8. The monoisotopic (exact) mass is 547 g/mol. The van der Waals surface area contributed by atoms with Gasteiger partial charge in [0.1, 0.15) is 6.04 Å². The molecule has 5 aliphatic rings. The van der Waals surface area contributed by atoms with Crippen molar-refractivity contribution < 1.29 is 29.0 Å². The van der Waals surface area contributed by atoms with Gasteiger partial charge in [-0.1, -0.05) is 0 Å². The van der Waals surface area contributed by atoms with Crippen LogP contribution in [0, 0.1) is 11.8 Å². The smallest absolute Gasteiger partial charge is 0.243 e. The van der Waals surface area contributed by atoms with Crippen molar-refractivity contribution in [3.05, 3.63) is 0 Å². The summed E-state index contributed by atoms with van der Waals surface area (Å²) in [5, 5.41) is 17.3. The van der Waals surface area contributed by atoms with E-state index in [-0.39, 0.29) is 54.3 Å². The van der Waals surface area contributed by atoms with Crippen molar-refractivity contribution >= 4 is 23.6 Å². The molecule has 0 aromatic rings. The quantitative estimate of drug-likeness (QED) is 0.447. The molecular weight excluding hydrogens is 502 g/mol. The summed E-state index contributed by atoms with van der Waals surface area (Å²) >= 11 is 0. The average molecular weight is 548 g/mol. The van der Waals surface area contributed by atoms with Gasteiger partial charge >= 0.3 is 0 Å². The number of hydrogen-bond donors (Lipinski definition) is 3. The van der Waals surface area contributed by atoms with Gasteiger partial charge in [0.2, 0.25) is 23.6 Å². The lowest BCUT2D eigenvalue weighted by atomic mass is 9.80. The van der Waals surface area contributed by atoms with E-state index in [1.807, 2.05) is 4.90 Å². The summed E-state index contributed by atoms with van der Waals surface area (Å²) in [6.07, 6.45) is 4.52. The van der Waals surface area contributed by atoms with Crippen LogP contribution < -0.4 is 10.6 Å². The largest absolute Gasteiger partial charge is 0.390 e. The van der Waals surface area contributed by atoms with Crippen LogP contribution in [-0.2, 0) is 23.9 Å². The molecule has 218 valence electrons. The molecule has 2 bridgehead atoms. The summed E-state index contributed by atoms with van der Waals surface area (Å²) in [7, 11) is 0. The summed E-state index contributed by atoms with van der Waals surface area (Å²) in [6, 6.07) is -0.955. The number of carbonyl (C=O) groups excluding carboxylic acids is 4. The Morgan fingerprint density at radius 1 is 1.00 bits per heavy atom. The van der Waals surface area contributed by atoms with Crippen LogP contribution in [0.1, 0.15) is 64.7 Å². The van der Waals surface area contributed by atoms with E-state index in [1.165, 1.54) is 0 Å². The molecule has 5 saturated heterocycles. The van der Waals surface area contributed by atoms with Gasteiger partial charge in [-0.25, -0.2) is 0 Å². The fourth-order valence-electron chi connectivity index (χ4n) is 7.05. The molecule has 0 aromatic heterocycles. The molecule has 11 heteroatoms. The van der Waals surface area contributed by atoms with Crippen molar-refractivity contribution in [2.75, 3.05) is 45.9 Å². The number of nitrogens with one attached hydrogen (secondary N) is 2. The van der Waals surface area contributed by atoms with Crippen LogP contribution in [0.3, 0.4) is 0 Å². The van der Waals surface area contributed by atoms with Gasteiger partial charge < -0.3 is 35.2 Å². The average Bonchev–Trinajstić information content (AvgIpc) is 3.60. The van der Waals surface area contributed by atoms with E-state index in [0.29, 0.717) is 58.2 Å². The summed E-state index contributed by atoms with van der Waals surface area (Å²) in [6.45, 7) is 6.06. The lowest BCUT2D eigenvalue weighted by Crippen LogP contribution is -2.51. The number of rotatable bonds is 4. The van der Waals surface area contributed by atoms with Crippen LogP contribution in [0.2, 0.25) is 0 Å². The van der Waals surface area contributed by atoms with E-state index >= 15 is 0 Å². The van der Waals surface area contributed by atoms with Crippen molar-refractivity contribution in [2.24, 2.45) is 11.8 Å². The number of aliphatic hydroxyl groups excluding tert-OH is 1. The second kappa shape index (κ2) is 12.5. The molecule has 0 radical (unpaired) electrons. The molecular formula is C28H45N5O6. The van der Waals surface area contributed by atoms with Crippen molar-refractivity contribution in [2.45, 2.75) is 95.0 Å². The van der Waals surface area contributed by atoms with Crippen LogP contribution in [0.25, 0.3) is 0 Å². The van der Waals surface area contributed by atoms with Gasteiger partial charge in [-0.05, 0) is 57.3 Å². The fourth-order valence-corrected chi connectivity index (χ4v) is 7.05. The number of carbonyl (C=O) groups is 4. The van der Waals surface area contributed by atoms with Crippen molar-refractivity contribution in [3.8, 4) is 0 Å². The Labute approximate surface area is 230 Å². The number of likely N-dealkylation sites (tertiary alicyclic amines) is 1. The number of aliphatic hydroxyl groups is 1. The second-order valence-corrected chi connectivity index (χ2v) is 12.3. The van der Waals surface area contributed by atoms with E-state index < -0.39 is 18.2 Å². The lowest BCUT2D eigenvalue weighted by Gasteiger charge is -2.39. The maximum absolute atomic E-state index is 13.8. The first kappa shape index (κ1) is 28.3. The molecule has 3 N–H and O–H groups in total.